The fourth-order valence-electron chi connectivity index (χ4n) is 4.84. The number of ether oxygens (including phenoxy) is 1. The molecule has 3 N–H and O–H groups in total. The Hall–Kier alpha value is -2.03. The molecule has 2 unspecified atom stereocenters. The van der Waals surface area contributed by atoms with Crippen molar-refractivity contribution in [1.82, 2.24) is 0 Å². The molecule has 0 bridgehead atoms. The highest BCUT2D eigenvalue weighted by Gasteiger charge is 2.42. The Labute approximate surface area is 207 Å². The Morgan fingerprint density at radius 3 is 2.56 bits per heavy atom. The number of aliphatic carboxylic acids is 1. The first kappa shape index (κ1) is 26.6. The highest BCUT2D eigenvalue weighted by Crippen LogP contribution is 2.50. The summed E-state index contributed by atoms with van der Waals surface area (Å²) < 4.78 is 33.4. The number of fused-ring (bicyclic) bond motifs is 1. The van der Waals surface area contributed by atoms with Gasteiger partial charge in [-0.15, -0.1) is 11.8 Å². The van der Waals surface area contributed by atoms with E-state index in [0.29, 0.717) is 5.75 Å². The van der Waals surface area contributed by atoms with Crippen LogP contribution in [0.3, 0.4) is 0 Å². The van der Waals surface area contributed by atoms with Gasteiger partial charge in [-0.25, -0.2) is 8.42 Å². The summed E-state index contributed by atoms with van der Waals surface area (Å²) in [6.45, 7) is 3.99. The Balaban J connectivity index is 2.18. The second-order valence-electron chi connectivity index (χ2n) is 9.18. The highest BCUT2D eigenvalue weighted by molar-refractivity contribution is 7.98. The highest BCUT2D eigenvalue weighted by atomic mass is 32.2. The lowest BCUT2D eigenvalue weighted by Gasteiger charge is -2.34. The van der Waals surface area contributed by atoms with E-state index in [0.717, 1.165) is 48.1 Å². The molecule has 0 saturated heterocycles. The average Bonchev–Trinajstić information content (AvgIpc) is 2.93. The normalized spacial score (nSPS) is 22.4. The van der Waals surface area contributed by atoms with Gasteiger partial charge in [0.15, 0.2) is 9.84 Å². The number of carbonyl (C=O) groups is 1. The molecule has 0 spiro atoms. The molecule has 0 fully saturated rings. The van der Waals surface area contributed by atoms with Gasteiger partial charge in [0.05, 0.1) is 10.6 Å². The van der Waals surface area contributed by atoms with Crippen LogP contribution in [-0.4, -0.2) is 44.2 Å². The molecule has 3 atom stereocenters. The van der Waals surface area contributed by atoms with Crippen molar-refractivity contribution in [2.24, 2.45) is 11.1 Å². The minimum atomic E-state index is -3.61. The molecule has 0 amide bonds. The standard InChI is InChI=1S/C26H35NO5S2/c1-4-6-12-26(5-2)15-20(18-10-8-7-9-11-18)19-13-23(33-3)22(32-16-21(27)25(28)29)14-24(19)34(30,31)17-26/h7-11,13-14,20-21H,4-6,12,15-17,27H2,1-3H3,(H,28,29)/t20?,21-,26?/m1/s1. The van der Waals surface area contributed by atoms with Crippen LogP contribution >= 0.6 is 11.8 Å². The number of hydrogen-bond acceptors (Lipinski definition) is 6. The number of hydrogen-bond donors (Lipinski definition) is 2. The SMILES string of the molecule is CCCCC1(CC)CC(c2ccccc2)c2cc(SC)c(OC[C@@H](N)C(=O)O)cc2S(=O)(=O)C1. The van der Waals surface area contributed by atoms with E-state index in [4.69, 9.17) is 15.6 Å². The summed E-state index contributed by atoms with van der Waals surface area (Å²) >= 11 is 1.44. The summed E-state index contributed by atoms with van der Waals surface area (Å²) in [5, 5.41) is 9.11. The number of rotatable bonds is 10. The molecular weight excluding hydrogens is 470 g/mol. The van der Waals surface area contributed by atoms with Crippen LogP contribution in [0.2, 0.25) is 0 Å². The average molecular weight is 506 g/mol. The molecular formula is C26H35NO5S2. The third kappa shape index (κ3) is 5.78. The molecule has 2 aromatic carbocycles. The smallest absolute Gasteiger partial charge is 0.324 e. The molecule has 1 aliphatic heterocycles. The maximum atomic E-state index is 13.8. The maximum Gasteiger partial charge on any atom is 0.324 e. The minimum Gasteiger partial charge on any atom is -0.490 e. The number of thioether (sulfide) groups is 1. The second kappa shape index (κ2) is 11.1. The minimum absolute atomic E-state index is 0.0634. The van der Waals surface area contributed by atoms with Crippen molar-refractivity contribution in [1.29, 1.82) is 0 Å². The van der Waals surface area contributed by atoms with E-state index in [1.54, 1.807) is 6.07 Å². The molecule has 8 heteroatoms. The first-order valence-corrected chi connectivity index (χ1v) is 14.6. The third-order valence-corrected chi connectivity index (χ3v) is 9.66. The third-order valence-electron chi connectivity index (χ3n) is 6.89. The molecule has 1 heterocycles. The van der Waals surface area contributed by atoms with Gasteiger partial charge in [0.25, 0.3) is 0 Å². The van der Waals surface area contributed by atoms with E-state index in [-0.39, 0.29) is 28.6 Å². The largest absolute Gasteiger partial charge is 0.490 e. The van der Waals surface area contributed by atoms with Crippen molar-refractivity contribution in [3.63, 3.8) is 0 Å². The van der Waals surface area contributed by atoms with E-state index in [1.165, 1.54) is 11.8 Å². The molecule has 3 rings (SSSR count). The van der Waals surface area contributed by atoms with Crippen LogP contribution in [0.1, 0.15) is 63.0 Å². The summed E-state index contributed by atoms with van der Waals surface area (Å²) in [5.74, 6) is -0.775. The van der Waals surface area contributed by atoms with Crippen molar-refractivity contribution in [3.05, 3.63) is 53.6 Å². The Morgan fingerprint density at radius 2 is 1.97 bits per heavy atom. The van der Waals surface area contributed by atoms with Gasteiger partial charge in [-0.2, -0.15) is 0 Å². The first-order chi connectivity index (χ1) is 16.2. The molecule has 34 heavy (non-hydrogen) atoms. The van der Waals surface area contributed by atoms with E-state index >= 15 is 0 Å². The molecule has 0 aromatic heterocycles. The molecule has 6 nitrogen and oxygen atoms in total. The monoisotopic (exact) mass is 505 g/mol. The molecule has 1 aliphatic rings. The van der Waals surface area contributed by atoms with E-state index < -0.39 is 21.8 Å². The maximum absolute atomic E-state index is 13.8. The topological polar surface area (TPSA) is 107 Å². The van der Waals surface area contributed by atoms with Crippen LogP contribution in [0.25, 0.3) is 0 Å². The zero-order valence-corrected chi connectivity index (χ0v) is 21.8. The molecule has 0 saturated carbocycles. The summed E-state index contributed by atoms with van der Waals surface area (Å²) in [6.07, 6.45) is 6.31. The van der Waals surface area contributed by atoms with Crippen LogP contribution in [0.15, 0.2) is 52.3 Å². The van der Waals surface area contributed by atoms with Gasteiger partial charge in [-0.05, 0) is 48.1 Å². The molecule has 0 radical (unpaired) electrons. The Morgan fingerprint density at radius 1 is 1.26 bits per heavy atom. The van der Waals surface area contributed by atoms with Crippen molar-refractivity contribution in [2.45, 2.75) is 67.7 Å². The zero-order chi connectivity index (χ0) is 24.9. The van der Waals surface area contributed by atoms with Gasteiger partial charge in [-0.3, -0.25) is 4.79 Å². The van der Waals surface area contributed by atoms with Crippen molar-refractivity contribution >= 4 is 27.6 Å². The predicted molar refractivity (Wildman–Crippen MR) is 137 cm³/mol. The van der Waals surface area contributed by atoms with Crippen LogP contribution < -0.4 is 10.5 Å². The first-order valence-electron chi connectivity index (χ1n) is 11.8. The summed E-state index contributed by atoms with van der Waals surface area (Å²) in [6, 6.07) is 12.4. The molecule has 186 valence electrons. The fourth-order valence-corrected chi connectivity index (χ4v) is 7.68. The quantitative estimate of drug-likeness (QED) is 0.433. The zero-order valence-electron chi connectivity index (χ0n) is 20.1. The number of benzene rings is 2. The van der Waals surface area contributed by atoms with Gasteiger partial charge >= 0.3 is 5.97 Å². The van der Waals surface area contributed by atoms with Gasteiger partial charge in [-0.1, -0.05) is 57.0 Å². The second-order valence-corrected chi connectivity index (χ2v) is 12.0. The van der Waals surface area contributed by atoms with Crippen LogP contribution in [0, 0.1) is 5.41 Å². The summed E-state index contributed by atoms with van der Waals surface area (Å²) in [4.78, 5) is 12.2. The van der Waals surface area contributed by atoms with Crippen LogP contribution in [-0.2, 0) is 14.6 Å². The number of nitrogens with two attached hydrogens (primary N) is 1. The molecule has 2 aromatic rings. The van der Waals surface area contributed by atoms with Gasteiger partial charge in [0, 0.05) is 16.9 Å². The van der Waals surface area contributed by atoms with Crippen molar-refractivity contribution in [3.8, 4) is 5.75 Å². The Kier molecular flexibility index (Phi) is 8.71. The molecule has 0 aliphatic carbocycles. The van der Waals surface area contributed by atoms with Crippen molar-refractivity contribution in [2.75, 3.05) is 18.6 Å². The van der Waals surface area contributed by atoms with E-state index in [9.17, 15) is 13.2 Å². The van der Waals surface area contributed by atoms with Gasteiger partial charge in [0.1, 0.15) is 18.4 Å². The predicted octanol–water partition coefficient (Wildman–Crippen LogP) is 5.10. The van der Waals surface area contributed by atoms with Crippen LogP contribution in [0.5, 0.6) is 5.75 Å². The van der Waals surface area contributed by atoms with E-state index in [1.807, 2.05) is 30.5 Å². The Bertz CT molecular complexity index is 1100. The lowest BCUT2D eigenvalue weighted by Crippen LogP contribution is -2.36. The fraction of sp³-hybridized carbons (Fsp3) is 0.500. The summed E-state index contributed by atoms with van der Waals surface area (Å²) in [5.41, 5.74) is 7.19. The lowest BCUT2D eigenvalue weighted by molar-refractivity contribution is -0.139. The lowest BCUT2D eigenvalue weighted by atomic mass is 9.71. The van der Waals surface area contributed by atoms with E-state index in [2.05, 4.69) is 26.0 Å². The van der Waals surface area contributed by atoms with Gasteiger partial charge < -0.3 is 15.6 Å². The number of sulfone groups is 1. The number of carboxylic acid groups (broad SMARTS) is 1. The van der Waals surface area contributed by atoms with Gasteiger partial charge in [0.2, 0.25) is 0 Å². The summed E-state index contributed by atoms with van der Waals surface area (Å²) in [7, 11) is -3.61. The number of unbranched alkanes of at least 4 members (excludes halogenated alkanes) is 1. The van der Waals surface area contributed by atoms with Crippen molar-refractivity contribution < 1.29 is 23.1 Å². The van der Waals surface area contributed by atoms with Crippen LogP contribution in [0.4, 0.5) is 0 Å². The number of carboxylic acids is 1.